The van der Waals surface area contributed by atoms with Gasteiger partial charge in [-0.15, -0.1) is 0 Å². The van der Waals surface area contributed by atoms with Gasteiger partial charge >= 0.3 is 134 Å². The molecule has 0 heterocycles. The Bertz CT molecular complexity index is 597. The normalized spacial score (nSPS) is 10.5. The third kappa shape index (κ3) is 3.53. The molecular weight excluding hydrogens is 329 g/mol. The molecule has 0 amide bonds. The van der Waals surface area contributed by atoms with Crippen LogP contribution in [-0.4, -0.2) is 19.8 Å². The van der Waals surface area contributed by atoms with Crippen LogP contribution in [0.3, 0.4) is 0 Å². The van der Waals surface area contributed by atoms with Crippen molar-refractivity contribution in [2.45, 2.75) is 41.5 Å². The summed E-state index contributed by atoms with van der Waals surface area (Å²) in [6.45, 7) is 17.6. The summed E-state index contributed by atoms with van der Waals surface area (Å²) in [7, 11) is 0. The van der Waals surface area contributed by atoms with Crippen LogP contribution in [0.4, 0.5) is 0 Å². The molecule has 0 atom stereocenters. The van der Waals surface area contributed by atoms with E-state index in [1.165, 1.54) is 33.4 Å². The van der Waals surface area contributed by atoms with Crippen LogP contribution in [0.5, 0.6) is 0 Å². The van der Waals surface area contributed by atoms with E-state index in [1.54, 1.807) is 8.79 Å². The van der Waals surface area contributed by atoms with Crippen LogP contribution in [0.2, 0.25) is 0 Å². The standard InChI is InChI=1S/C20H25Ge.H2O/c1-8-21(19-15(4)9-13(2)10-16(19)5)20-17(6)11-14(3)12-18(20)7;/h8-12H,1H2,2-7H3;1H2. The van der Waals surface area contributed by atoms with E-state index in [9.17, 15) is 0 Å². The molecular formula is C20H27GeO. The molecule has 0 fully saturated rings. The Balaban J connectivity index is 0.00000242. The summed E-state index contributed by atoms with van der Waals surface area (Å²) in [5.74, 6) is 0. The van der Waals surface area contributed by atoms with Crippen molar-refractivity contribution in [1.29, 1.82) is 0 Å². The van der Waals surface area contributed by atoms with E-state index in [2.05, 4.69) is 77.3 Å². The largest absolute Gasteiger partial charge is 0.412 e. The first kappa shape index (κ1) is 18.7. The van der Waals surface area contributed by atoms with Gasteiger partial charge in [-0.05, 0) is 0 Å². The van der Waals surface area contributed by atoms with Crippen LogP contribution in [0.1, 0.15) is 33.4 Å². The Morgan fingerprint density at radius 1 is 0.682 bits per heavy atom. The van der Waals surface area contributed by atoms with Crippen molar-refractivity contribution in [3.63, 3.8) is 0 Å². The molecule has 0 unspecified atom stereocenters. The molecule has 1 nitrogen and oxygen atoms in total. The summed E-state index contributed by atoms with van der Waals surface area (Å²) in [6.07, 6.45) is 0. The SMILES string of the molecule is C=[CH][Ge]([c]1c(C)cc(C)cc1C)[c]1c(C)cc(C)cc1C.O. The fourth-order valence-electron chi connectivity index (χ4n) is 3.54. The van der Waals surface area contributed by atoms with Gasteiger partial charge in [0.05, 0.1) is 0 Å². The molecule has 0 aliphatic heterocycles. The molecule has 2 aromatic rings. The summed E-state index contributed by atoms with van der Waals surface area (Å²) >= 11 is -1.69. The second-order valence-corrected chi connectivity index (χ2v) is 10.9. The van der Waals surface area contributed by atoms with Crippen molar-refractivity contribution in [2.75, 3.05) is 0 Å². The van der Waals surface area contributed by atoms with E-state index in [1.807, 2.05) is 0 Å². The van der Waals surface area contributed by atoms with Crippen LogP contribution >= 0.6 is 0 Å². The molecule has 2 aromatic carbocycles. The quantitative estimate of drug-likeness (QED) is 0.758. The second-order valence-electron chi connectivity index (χ2n) is 6.17. The van der Waals surface area contributed by atoms with Crippen molar-refractivity contribution >= 4 is 23.1 Å². The molecule has 1 radical (unpaired) electrons. The summed E-state index contributed by atoms with van der Waals surface area (Å²) in [4.78, 5) is 2.26. The maximum absolute atomic E-state index is 4.20. The zero-order valence-electron chi connectivity index (χ0n) is 14.6. The molecule has 2 heteroatoms. The maximum atomic E-state index is 4.20. The molecule has 0 spiro atoms. The third-order valence-electron chi connectivity index (χ3n) is 4.10. The van der Waals surface area contributed by atoms with E-state index >= 15 is 0 Å². The van der Waals surface area contributed by atoms with Crippen LogP contribution in [0, 0.1) is 41.5 Å². The zero-order chi connectivity index (χ0) is 15.7. The van der Waals surface area contributed by atoms with Gasteiger partial charge in [0.1, 0.15) is 0 Å². The van der Waals surface area contributed by atoms with Crippen LogP contribution < -0.4 is 8.79 Å². The Morgan fingerprint density at radius 3 is 1.18 bits per heavy atom. The molecule has 2 rings (SSSR count). The molecule has 0 saturated heterocycles. The molecule has 0 aromatic heterocycles. The van der Waals surface area contributed by atoms with Gasteiger partial charge in [0, 0.05) is 0 Å². The zero-order valence-corrected chi connectivity index (χ0v) is 16.7. The van der Waals surface area contributed by atoms with Gasteiger partial charge < -0.3 is 5.48 Å². The summed E-state index contributed by atoms with van der Waals surface area (Å²) in [5.41, 5.74) is 8.44. The van der Waals surface area contributed by atoms with Gasteiger partial charge in [-0.3, -0.25) is 0 Å². The minimum Gasteiger partial charge on any atom is -0.412 e. The van der Waals surface area contributed by atoms with Crippen LogP contribution in [0.15, 0.2) is 35.8 Å². The average Bonchev–Trinajstić information content (AvgIpc) is 2.34. The number of rotatable bonds is 3. The van der Waals surface area contributed by atoms with Gasteiger partial charge in [-0.1, -0.05) is 0 Å². The first-order chi connectivity index (χ1) is 9.85. The van der Waals surface area contributed by atoms with Crippen molar-refractivity contribution in [3.8, 4) is 0 Å². The number of benzene rings is 2. The number of hydrogen-bond acceptors (Lipinski definition) is 0. The van der Waals surface area contributed by atoms with Crippen LogP contribution in [0.25, 0.3) is 0 Å². The predicted octanol–water partition coefficient (Wildman–Crippen LogP) is 3.05. The molecule has 117 valence electrons. The first-order valence-electron chi connectivity index (χ1n) is 7.51. The predicted molar refractivity (Wildman–Crippen MR) is 100 cm³/mol. The van der Waals surface area contributed by atoms with E-state index < -0.39 is 14.3 Å². The van der Waals surface area contributed by atoms with Crippen molar-refractivity contribution < 1.29 is 5.48 Å². The van der Waals surface area contributed by atoms with Crippen molar-refractivity contribution in [2.24, 2.45) is 0 Å². The Labute approximate surface area is 139 Å². The molecule has 2 N–H and O–H groups in total. The molecule has 0 aliphatic rings. The average molecular weight is 356 g/mol. The van der Waals surface area contributed by atoms with E-state index in [4.69, 9.17) is 0 Å². The Hall–Kier alpha value is -1.32. The van der Waals surface area contributed by atoms with E-state index in [-0.39, 0.29) is 5.48 Å². The Kier molecular flexibility index (Phi) is 6.21. The van der Waals surface area contributed by atoms with Gasteiger partial charge in [-0.25, -0.2) is 0 Å². The monoisotopic (exact) mass is 357 g/mol. The van der Waals surface area contributed by atoms with Crippen LogP contribution in [-0.2, 0) is 0 Å². The van der Waals surface area contributed by atoms with E-state index in [0.29, 0.717) is 0 Å². The third-order valence-corrected chi connectivity index (χ3v) is 10.5. The van der Waals surface area contributed by atoms with Gasteiger partial charge in [-0.2, -0.15) is 0 Å². The fourth-order valence-corrected chi connectivity index (χ4v) is 9.09. The summed E-state index contributed by atoms with van der Waals surface area (Å²) in [6, 6.07) is 9.27. The molecule has 0 saturated carbocycles. The smallest absolute Gasteiger partial charge is 0.412 e. The summed E-state index contributed by atoms with van der Waals surface area (Å²) < 4.78 is 3.15. The topological polar surface area (TPSA) is 31.5 Å². The van der Waals surface area contributed by atoms with Gasteiger partial charge in [0.2, 0.25) is 0 Å². The van der Waals surface area contributed by atoms with Crippen molar-refractivity contribution in [3.05, 3.63) is 69.1 Å². The molecule has 0 bridgehead atoms. The number of hydrogen-bond donors (Lipinski definition) is 0. The second kappa shape index (κ2) is 7.30. The molecule has 0 aliphatic carbocycles. The maximum Gasteiger partial charge on any atom is -0.412 e. The molecule has 22 heavy (non-hydrogen) atoms. The van der Waals surface area contributed by atoms with E-state index in [0.717, 1.165) is 0 Å². The number of aryl methyl sites for hydroxylation is 6. The first-order valence-corrected chi connectivity index (χ1v) is 10.8. The van der Waals surface area contributed by atoms with Crippen molar-refractivity contribution in [1.82, 2.24) is 0 Å². The van der Waals surface area contributed by atoms with Gasteiger partial charge in [0.25, 0.3) is 0 Å². The van der Waals surface area contributed by atoms with Gasteiger partial charge in [0.15, 0.2) is 0 Å². The fraction of sp³-hybridized carbons (Fsp3) is 0.300. The minimum atomic E-state index is -1.69. The minimum absolute atomic E-state index is 0. The summed E-state index contributed by atoms with van der Waals surface area (Å²) in [5, 5.41) is 0. The Morgan fingerprint density at radius 2 is 0.955 bits per heavy atom.